The summed E-state index contributed by atoms with van der Waals surface area (Å²) in [6.45, 7) is 6.94. The van der Waals surface area contributed by atoms with E-state index in [0.29, 0.717) is 0 Å². The third-order valence-electron chi connectivity index (χ3n) is 2.83. The van der Waals surface area contributed by atoms with Crippen LogP contribution in [0, 0.1) is 6.92 Å². The second-order valence-electron chi connectivity index (χ2n) is 4.12. The molecule has 2 heterocycles. The molecular formula is C11H19N3. The molecule has 0 saturated carbocycles. The molecular weight excluding hydrogens is 174 g/mol. The minimum atomic E-state index is 1.06. The zero-order chi connectivity index (χ0) is 9.80. The Labute approximate surface area is 85.7 Å². The maximum atomic E-state index is 4.37. The zero-order valence-electron chi connectivity index (χ0n) is 8.95. The van der Waals surface area contributed by atoms with Gasteiger partial charge in [0.2, 0.25) is 0 Å². The van der Waals surface area contributed by atoms with E-state index < -0.39 is 0 Å². The van der Waals surface area contributed by atoms with Crippen molar-refractivity contribution >= 4 is 0 Å². The van der Waals surface area contributed by atoms with Gasteiger partial charge in [0.15, 0.2) is 0 Å². The van der Waals surface area contributed by atoms with Crippen LogP contribution in [0.3, 0.4) is 0 Å². The molecule has 78 valence electrons. The Hall–Kier alpha value is -0.830. The van der Waals surface area contributed by atoms with Gasteiger partial charge in [-0.3, -0.25) is 4.68 Å². The van der Waals surface area contributed by atoms with Gasteiger partial charge in [0.05, 0.1) is 5.69 Å². The van der Waals surface area contributed by atoms with Crippen LogP contribution in [-0.2, 0) is 6.54 Å². The quantitative estimate of drug-likeness (QED) is 0.725. The Kier molecular flexibility index (Phi) is 3.19. The average molecular weight is 193 g/mol. The van der Waals surface area contributed by atoms with Gasteiger partial charge in [-0.2, -0.15) is 5.10 Å². The molecule has 1 saturated heterocycles. The van der Waals surface area contributed by atoms with Gasteiger partial charge >= 0.3 is 0 Å². The minimum absolute atomic E-state index is 1.06. The first-order chi connectivity index (χ1) is 6.84. The highest BCUT2D eigenvalue weighted by molar-refractivity contribution is 4.94. The van der Waals surface area contributed by atoms with Crippen molar-refractivity contribution < 1.29 is 0 Å². The number of aromatic nitrogens is 2. The number of hydrogen-bond donors (Lipinski definition) is 0. The summed E-state index contributed by atoms with van der Waals surface area (Å²) < 4.78 is 2.05. The lowest BCUT2D eigenvalue weighted by atomic mass is 10.4. The first-order valence-electron chi connectivity index (χ1n) is 5.57. The molecule has 0 atom stereocenters. The Morgan fingerprint density at radius 2 is 2.07 bits per heavy atom. The van der Waals surface area contributed by atoms with Crippen LogP contribution < -0.4 is 0 Å². The van der Waals surface area contributed by atoms with Crippen molar-refractivity contribution in [1.29, 1.82) is 0 Å². The highest BCUT2D eigenvalue weighted by atomic mass is 15.3. The topological polar surface area (TPSA) is 21.1 Å². The highest BCUT2D eigenvalue weighted by Gasteiger charge is 2.10. The first kappa shape index (κ1) is 9.71. The van der Waals surface area contributed by atoms with Crippen molar-refractivity contribution in [3.8, 4) is 0 Å². The van der Waals surface area contributed by atoms with Crippen molar-refractivity contribution in [2.45, 2.75) is 32.7 Å². The van der Waals surface area contributed by atoms with Gasteiger partial charge in [-0.05, 0) is 51.9 Å². The summed E-state index contributed by atoms with van der Waals surface area (Å²) >= 11 is 0. The van der Waals surface area contributed by atoms with Crippen LogP contribution >= 0.6 is 0 Å². The van der Waals surface area contributed by atoms with Crippen LogP contribution in [0.25, 0.3) is 0 Å². The minimum Gasteiger partial charge on any atom is -0.303 e. The summed E-state index contributed by atoms with van der Waals surface area (Å²) in [5.41, 5.74) is 1.12. The largest absolute Gasteiger partial charge is 0.303 e. The summed E-state index contributed by atoms with van der Waals surface area (Å²) in [6, 6.07) is 2.07. The molecule has 1 aromatic heterocycles. The second-order valence-corrected chi connectivity index (χ2v) is 4.12. The third-order valence-corrected chi connectivity index (χ3v) is 2.83. The monoisotopic (exact) mass is 193 g/mol. The lowest BCUT2D eigenvalue weighted by Crippen LogP contribution is -2.21. The standard InChI is InChI=1S/C11H19N3/c1-11-5-10-14(12-11)9-4-8-13-6-2-3-7-13/h5,10H,2-4,6-9H2,1H3. The van der Waals surface area contributed by atoms with Crippen molar-refractivity contribution in [2.24, 2.45) is 0 Å². The Morgan fingerprint density at radius 3 is 2.71 bits per heavy atom. The van der Waals surface area contributed by atoms with E-state index in [2.05, 4.69) is 22.3 Å². The zero-order valence-corrected chi connectivity index (χ0v) is 8.95. The molecule has 0 radical (unpaired) electrons. The molecule has 1 aliphatic heterocycles. The molecule has 3 heteroatoms. The molecule has 2 rings (SSSR count). The van der Waals surface area contributed by atoms with Crippen LogP contribution in [0.2, 0.25) is 0 Å². The average Bonchev–Trinajstić information content (AvgIpc) is 2.77. The lowest BCUT2D eigenvalue weighted by molar-refractivity contribution is 0.322. The molecule has 0 aromatic carbocycles. The normalized spacial score (nSPS) is 17.8. The van der Waals surface area contributed by atoms with Crippen LogP contribution in [0.15, 0.2) is 12.3 Å². The Bertz CT molecular complexity index is 274. The van der Waals surface area contributed by atoms with Gasteiger partial charge in [0.25, 0.3) is 0 Å². The van der Waals surface area contributed by atoms with E-state index in [0.717, 1.165) is 12.2 Å². The fourth-order valence-corrected chi connectivity index (χ4v) is 2.05. The van der Waals surface area contributed by atoms with Gasteiger partial charge in [0, 0.05) is 12.7 Å². The Balaban J connectivity index is 1.67. The summed E-state index contributed by atoms with van der Waals surface area (Å²) in [5.74, 6) is 0. The molecule has 14 heavy (non-hydrogen) atoms. The molecule has 1 fully saturated rings. The molecule has 0 N–H and O–H groups in total. The van der Waals surface area contributed by atoms with E-state index in [1.165, 1.54) is 38.9 Å². The molecule has 1 aromatic rings. The van der Waals surface area contributed by atoms with Crippen molar-refractivity contribution in [3.05, 3.63) is 18.0 Å². The van der Waals surface area contributed by atoms with E-state index in [1.54, 1.807) is 0 Å². The lowest BCUT2D eigenvalue weighted by Gasteiger charge is -2.13. The second kappa shape index (κ2) is 4.60. The van der Waals surface area contributed by atoms with E-state index in [1.807, 2.05) is 11.6 Å². The third kappa shape index (κ3) is 2.58. The van der Waals surface area contributed by atoms with Crippen LogP contribution in [0.4, 0.5) is 0 Å². The van der Waals surface area contributed by atoms with Gasteiger partial charge in [-0.15, -0.1) is 0 Å². The van der Waals surface area contributed by atoms with Gasteiger partial charge < -0.3 is 4.90 Å². The summed E-state index contributed by atoms with van der Waals surface area (Å²) in [6.07, 6.45) is 6.07. The van der Waals surface area contributed by atoms with Gasteiger partial charge in [-0.25, -0.2) is 0 Å². The van der Waals surface area contributed by atoms with E-state index in [9.17, 15) is 0 Å². The molecule has 3 nitrogen and oxygen atoms in total. The van der Waals surface area contributed by atoms with Crippen molar-refractivity contribution in [2.75, 3.05) is 19.6 Å². The molecule has 1 aliphatic rings. The number of rotatable bonds is 4. The molecule has 0 amide bonds. The SMILES string of the molecule is Cc1ccn(CCCN2CCCC2)n1. The smallest absolute Gasteiger partial charge is 0.0593 e. The van der Waals surface area contributed by atoms with Crippen molar-refractivity contribution in [3.63, 3.8) is 0 Å². The summed E-state index contributed by atoms with van der Waals surface area (Å²) in [4.78, 5) is 2.55. The van der Waals surface area contributed by atoms with Crippen LogP contribution in [0.5, 0.6) is 0 Å². The first-order valence-corrected chi connectivity index (χ1v) is 5.57. The Morgan fingerprint density at radius 1 is 1.29 bits per heavy atom. The number of hydrogen-bond acceptors (Lipinski definition) is 2. The summed E-state index contributed by atoms with van der Waals surface area (Å²) in [5, 5.41) is 4.37. The number of likely N-dealkylation sites (tertiary alicyclic amines) is 1. The molecule has 0 aliphatic carbocycles. The van der Waals surface area contributed by atoms with E-state index in [4.69, 9.17) is 0 Å². The molecule has 0 bridgehead atoms. The molecule has 0 unspecified atom stereocenters. The highest BCUT2D eigenvalue weighted by Crippen LogP contribution is 2.07. The number of aryl methyl sites for hydroxylation is 2. The fourth-order valence-electron chi connectivity index (χ4n) is 2.05. The van der Waals surface area contributed by atoms with E-state index in [-0.39, 0.29) is 0 Å². The van der Waals surface area contributed by atoms with Crippen LogP contribution in [0.1, 0.15) is 25.0 Å². The summed E-state index contributed by atoms with van der Waals surface area (Å²) in [7, 11) is 0. The van der Waals surface area contributed by atoms with Crippen LogP contribution in [-0.4, -0.2) is 34.3 Å². The maximum Gasteiger partial charge on any atom is 0.0593 e. The molecule has 0 spiro atoms. The van der Waals surface area contributed by atoms with Gasteiger partial charge in [0.1, 0.15) is 0 Å². The van der Waals surface area contributed by atoms with E-state index >= 15 is 0 Å². The van der Waals surface area contributed by atoms with Gasteiger partial charge in [-0.1, -0.05) is 0 Å². The predicted molar refractivity (Wildman–Crippen MR) is 57.3 cm³/mol. The van der Waals surface area contributed by atoms with Crippen molar-refractivity contribution in [1.82, 2.24) is 14.7 Å². The maximum absolute atomic E-state index is 4.37. The fraction of sp³-hybridized carbons (Fsp3) is 0.727. The number of nitrogens with zero attached hydrogens (tertiary/aromatic N) is 3. The predicted octanol–water partition coefficient (Wildman–Crippen LogP) is 1.68.